The summed E-state index contributed by atoms with van der Waals surface area (Å²) in [5, 5.41) is 8.56. The van der Waals surface area contributed by atoms with E-state index in [4.69, 9.17) is 28.3 Å². The molecule has 0 saturated carbocycles. The first-order valence-corrected chi connectivity index (χ1v) is 11.0. The van der Waals surface area contributed by atoms with Gasteiger partial charge < -0.3 is 9.84 Å². The van der Waals surface area contributed by atoms with Crippen LogP contribution in [0.3, 0.4) is 0 Å². The van der Waals surface area contributed by atoms with Crippen LogP contribution in [0.1, 0.15) is 24.4 Å². The first-order valence-electron chi connectivity index (χ1n) is 10.2. The van der Waals surface area contributed by atoms with Gasteiger partial charge in [-0.25, -0.2) is 4.39 Å². The van der Waals surface area contributed by atoms with Gasteiger partial charge in [-0.1, -0.05) is 65.3 Å². The van der Waals surface area contributed by atoms with Crippen molar-refractivity contribution in [3.05, 3.63) is 107 Å². The summed E-state index contributed by atoms with van der Waals surface area (Å²) in [6, 6.07) is 22.9. The van der Waals surface area contributed by atoms with Crippen LogP contribution in [-0.4, -0.2) is 15.3 Å². The third kappa shape index (κ3) is 4.13. The number of nitrogens with one attached hydrogen (secondary N) is 1. The number of nitrogens with zero attached hydrogens (tertiary/aromatic N) is 3. The van der Waals surface area contributed by atoms with E-state index in [0.717, 1.165) is 22.4 Å². The standard InChI is InChI=1S/C25H18ClFN4OS/c1-15-21(24-29-23(30-32-24)16-7-3-2-4-8-16)22(17-9-5-10-18(26)13-17)28-25(33)31(15)20-12-6-11-19(27)14-20/h2-14,22H,1H3,(H,28,33). The lowest BCUT2D eigenvalue weighted by atomic mass is 9.94. The van der Waals surface area contributed by atoms with Gasteiger partial charge in [0, 0.05) is 16.3 Å². The Morgan fingerprint density at radius 2 is 1.82 bits per heavy atom. The molecule has 0 radical (unpaired) electrons. The summed E-state index contributed by atoms with van der Waals surface area (Å²) in [4.78, 5) is 6.44. The van der Waals surface area contributed by atoms with Crippen molar-refractivity contribution in [1.82, 2.24) is 15.5 Å². The van der Waals surface area contributed by atoms with Gasteiger partial charge in [-0.05, 0) is 55.0 Å². The maximum Gasteiger partial charge on any atom is 0.258 e. The number of hydrogen-bond acceptors (Lipinski definition) is 4. The van der Waals surface area contributed by atoms with Crippen LogP contribution < -0.4 is 10.2 Å². The Hall–Kier alpha value is -3.55. The molecule has 0 bridgehead atoms. The van der Waals surface area contributed by atoms with E-state index in [1.165, 1.54) is 12.1 Å². The van der Waals surface area contributed by atoms with Gasteiger partial charge in [0.15, 0.2) is 5.11 Å². The van der Waals surface area contributed by atoms with E-state index >= 15 is 0 Å². The van der Waals surface area contributed by atoms with E-state index in [0.29, 0.717) is 27.5 Å². The third-order valence-electron chi connectivity index (χ3n) is 5.42. The fourth-order valence-electron chi connectivity index (χ4n) is 3.92. The molecule has 0 amide bonds. The van der Waals surface area contributed by atoms with Crippen molar-refractivity contribution in [3.63, 3.8) is 0 Å². The van der Waals surface area contributed by atoms with Gasteiger partial charge in [0.05, 0.1) is 17.3 Å². The van der Waals surface area contributed by atoms with Crippen LogP contribution in [-0.2, 0) is 0 Å². The van der Waals surface area contributed by atoms with Crippen LogP contribution in [0.25, 0.3) is 17.0 Å². The molecule has 3 aromatic carbocycles. The van der Waals surface area contributed by atoms with Crippen LogP contribution >= 0.6 is 23.8 Å². The average molecular weight is 477 g/mol. The minimum Gasteiger partial charge on any atom is -0.351 e. The molecule has 1 atom stereocenters. The topological polar surface area (TPSA) is 54.2 Å². The molecule has 0 aliphatic carbocycles. The SMILES string of the molecule is CC1=C(c2nc(-c3ccccc3)no2)C(c2cccc(Cl)c2)NC(=S)N1c1cccc(F)c1. The van der Waals surface area contributed by atoms with Crippen LogP contribution in [0.2, 0.25) is 5.02 Å². The predicted octanol–water partition coefficient (Wildman–Crippen LogP) is 6.40. The molecule has 1 N–H and O–H groups in total. The minimum atomic E-state index is -0.384. The van der Waals surface area contributed by atoms with Crippen molar-refractivity contribution >= 4 is 40.2 Å². The van der Waals surface area contributed by atoms with Gasteiger partial charge in [-0.3, -0.25) is 4.90 Å². The zero-order valence-corrected chi connectivity index (χ0v) is 19.1. The van der Waals surface area contributed by atoms with Gasteiger partial charge in [0.1, 0.15) is 5.82 Å². The molecule has 33 heavy (non-hydrogen) atoms. The molecule has 2 heterocycles. The Morgan fingerprint density at radius 1 is 1.03 bits per heavy atom. The van der Waals surface area contributed by atoms with E-state index in [2.05, 4.69) is 15.5 Å². The molecule has 0 saturated heterocycles. The lowest BCUT2D eigenvalue weighted by Crippen LogP contribution is -2.46. The quantitative estimate of drug-likeness (QED) is 0.344. The van der Waals surface area contributed by atoms with Crippen molar-refractivity contribution in [2.24, 2.45) is 0 Å². The summed E-state index contributed by atoms with van der Waals surface area (Å²) < 4.78 is 19.7. The predicted molar refractivity (Wildman–Crippen MR) is 131 cm³/mol. The van der Waals surface area contributed by atoms with E-state index in [1.807, 2.05) is 61.5 Å². The van der Waals surface area contributed by atoms with Crippen molar-refractivity contribution in [1.29, 1.82) is 0 Å². The number of allylic oxidation sites excluding steroid dienone is 1. The second-order valence-electron chi connectivity index (χ2n) is 7.54. The Kier molecular flexibility index (Phi) is 5.66. The van der Waals surface area contributed by atoms with Gasteiger partial charge in [0.25, 0.3) is 5.89 Å². The highest BCUT2D eigenvalue weighted by Crippen LogP contribution is 2.39. The maximum atomic E-state index is 14.0. The summed E-state index contributed by atoms with van der Waals surface area (Å²) in [6.45, 7) is 1.90. The molecule has 0 spiro atoms. The molecule has 5 nitrogen and oxygen atoms in total. The molecule has 1 aliphatic heterocycles. The van der Waals surface area contributed by atoms with Gasteiger partial charge in [0.2, 0.25) is 5.82 Å². The van der Waals surface area contributed by atoms with Crippen LogP contribution in [0.5, 0.6) is 0 Å². The average Bonchev–Trinajstić information content (AvgIpc) is 3.29. The van der Waals surface area contributed by atoms with Crippen molar-refractivity contribution in [2.75, 3.05) is 4.90 Å². The molecule has 0 fully saturated rings. The number of halogens is 2. The fourth-order valence-corrected chi connectivity index (χ4v) is 4.48. The largest absolute Gasteiger partial charge is 0.351 e. The smallest absolute Gasteiger partial charge is 0.258 e. The molecule has 4 aromatic rings. The maximum absolute atomic E-state index is 14.0. The normalized spacial score (nSPS) is 16.2. The van der Waals surface area contributed by atoms with E-state index in [-0.39, 0.29) is 11.9 Å². The number of anilines is 1. The first-order chi connectivity index (χ1) is 16.0. The fraction of sp³-hybridized carbons (Fsp3) is 0.0800. The van der Waals surface area contributed by atoms with E-state index < -0.39 is 0 Å². The zero-order valence-electron chi connectivity index (χ0n) is 17.5. The number of benzene rings is 3. The van der Waals surface area contributed by atoms with Crippen molar-refractivity contribution < 1.29 is 8.91 Å². The number of hydrogen-bond donors (Lipinski definition) is 1. The Morgan fingerprint density at radius 3 is 2.58 bits per heavy atom. The van der Waals surface area contributed by atoms with Gasteiger partial charge in [-0.15, -0.1) is 0 Å². The minimum absolute atomic E-state index is 0.340. The Labute approximate surface area is 200 Å². The number of thiocarbonyl (C=S) groups is 1. The second kappa shape index (κ2) is 8.77. The lowest BCUT2D eigenvalue weighted by molar-refractivity contribution is 0.404. The molecule has 164 valence electrons. The van der Waals surface area contributed by atoms with Gasteiger partial charge >= 0.3 is 0 Å². The van der Waals surface area contributed by atoms with E-state index in [9.17, 15) is 4.39 Å². The summed E-state index contributed by atoms with van der Waals surface area (Å²) in [5.41, 5.74) is 3.79. The monoisotopic (exact) mass is 476 g/mol. The van der Waals surface area contributed by atoms with Crippen LogP contribution in [0.4, 0.5) is 10.1 Å². The Balaban J connectivity index is 1.67. The van der Waals surface area contributed by atoms with Crippen molar-refractivity contribution in [2.45, 2.75) is 13.0 Å². The lowest BCUT2D eigenvalue weighted by Gasteiger charge is -2.37. The zero-order chi connectivity index (χ0) is 22.9. The van der Waals surface area contributed by atoms with Crippen molar-refractivity contribution in [3.8, 4) is 11.4 Å². The summed E-state index contributed by atoms with van der Waals surface area (Å²) in [7, 11) is 0. The van der Waals surface area contributed by atoms with E-state index in [1.54, 1.807) is 17.0 Å². The highest BCUT2D eigenvalue weighted by molar-refractivity contribution is 7.80. The molecule has 1 unspecified atom stereocenters. The highest BCUT2D eigenvalue weighted by Gasteiger charge is 2.35. The summed E-state index contributed by atoms with van der Waals surface area (Å²) in [6.07, 6.45) is 0. The number of rotatable bonds is 4. The Bertz CT molecular complexity index is 1370. The number of aromatic nitrogens is 2. The van der Waals surface area contributed by atoms with Crippen LogP contribution in [0, 0.1) is 5.82 Å². The highest BCUT2D eigenvalue weighted by atomic mass is 35.5. The second-order valence-corrected chi connectivity index (χ2v) is 8.36. The third-order valence-corrected chi connectivity index (χ3v) is 5.96. The van der Waals surface area contributed by atoms with Crippen LogP contribution in [0.15, 0.2) is 89.1 Å². The molecule has 1 aromatic heterocycles. The molecular formula is C25H18ClFN4OS. The van der Waals surface area contributed by atoms with Gasteiger partial charge in [-0.2, -0.15) is 4.98 Å². The molecular weight excluding hydrogens is 459 g/mol. The molecule has 8 heteroatoms. The first kappa shape index (κ1) is 21.3. The molecule has 1 aliphatic rings. The molecule has 5 rings (SSSR count). The summed E-state index contributed by atoms with van der Waals surface area (Å²) in [5.74, 6) is 0.458. The summed E-state index contributed by atoms with van der Waals surface area (Å²) >= 11 is 12.0.